The van der Waals surface area contributed by atoms with Gasteiger partial charge < -0.3 is 15.6 Å². The summed E-state index contributed by atoms with van der Waals surface area (Å²) < 4.78 is 7.23. The van der Waals surface area contributed by atoms with E-state index in [1.54, 1.807) is 28.8 Å². The van der Waals surface area contributed by atoms with Crippen LogP contribution in [-0.2, 0) is 22.4 Å². The Bertz CT molecular complexity index is 1380. The van der Waals surface area contributed by atoms with E-state index in [-0.39, 0.29) is 28.8 Å². The number of nitrogen functional groups attached to an aromatic ring is 1. The highest BCUT2D eigenvalue weighted by Crippen LogP contribution is 2.40. The molecule has 0 radical (unpaired) electrons. The van der Waals surface area contributed by atoms with Crippen molar-refractivity contribution < 1.29 is 24.2 Å². The van der Waals surface area contributed by atoms with Gasteiger partial charge in [0.05, 0.1) is 16.9 Å². The molecule has 0 aliphatic rings. The van der Waals surface area contributed by atoms with Crippen LogP contribution in [0.5, 0.6) is 5.75 Å². The van der Waals surface area contributed by atoms with Crippen LogP contribution in [0.15, 0.2) is 60.7 Å². The minimum Gasteiger partial charge on any atom is -0.479 e. The molecule has 8 nitrogen and oxygen atoms in total. The predicted molar refractivity (Wildman–Crippen MR) is 127 cm³/mol. The van der Waals surface area contributed by atoms with Crippen molar-refractivity contribution >= 4 is 29.2 Å². The molecule has 0 aliphatic carbocycles. The summed E-state index contributed by atoms with van der Waals surface area (Å²) >= 11 is 0. The first-order valence-corrected chi connectivity index (χ1v) is 10.8. The summed E-state index contributed by atoms with van der Waals surface area (Å²) in [5, 5.41) is 14.0. The maximum absolute atomic E-state index is 12.8. The predicted octanol–water partition coefficient (Wildman–Crippen LogP) is 3.58. The Morgan fingerprint density at radius 1 is 1.09 bits per heavy atom. The first-order chi connectivity index (χ1) is 16.5. The van der Waals surface area contributed by atoms with E-state index < -0.39 is 18.4 Å². The topological polar surface area (TPSA) is 124 Å². The third kappa shape index (κ3) is 4.13. The lowest BCUT2D eigenvalue weighted by molar-refractivity contribution is -0.139. The van der Waals surface area contributed by atoms with Crippen LogP contribution < -0.4 is 10.5 Å². The van der Waals surface area contributed by atoms with Crippen molar-refractivity contribution in [3.63, 3.8) is 0 Å². The number of Topliss-reactive ketones (excluding diaryl/α,β-unsaturated/α-hetero) is 1. The molecule has 2 aromatic heterocycles. The number of rotatable bonds is 9. The van der Waals surface area contributed by atoms with Crippen molar-refractivity contribution in [3.8, 4) is 17.0 Å². The fourth-order valence-corrected chi connectivity index (χ4v) is 4.11. The van der Waals surface area contributed by atoms with E-state index in [1.807, 2.05) is 43.3 Å². The number of ketones is 1. The molecular weight excluding hydrogens is 434 g/mol. The monoisotopic (exact) mass is 457 g/mol. The number of carboxylic acids is 1. The van der Waals surface area contributed by atoms with Gasteiger partial charge in [0.15, 0.2) is 18.6 Å². The third-order valence-corrected chi connectivity index (χ3v) is 5.58. The van der Waals surface area contributed by atoms with Crippen molar-refractivity contribution in [2.24, 2.45) is 0 Å². The van der Waals surface area contributed by atoms with Crippen molar-refractivity contribution in [1.29, 1.82) is 0 Å². The van der Waals surface area contributed by atoms with Crippen molar-refractivity contribution in [2.75, 3.05) is 12.3 Å². The SMILES string of the molecule is CCc1c(N)c2c(OCC(=O)O)c(C(=O)C=O)c(-c3ccccc3)nn2c1Cc1ccccc1. The van der Waals surface area contributed by atoms with Gasteiger partial charge in [-0.2, -0.15) is 5.10 Å². The van der Waals surface area contributed by atoms with E-state index in [0.717, 1.165) is 16.8 Å². The van der Waals surface area contributed by atoms with Crippen LogP contribution in [0.3, 0.4) is 0 Å². The molecule has 0 fully saturated rings. The maximum Gasteiger partial charge on any atom is 0.341 e. The van der Waals surface area contributed by atoms with E-state index >= 15 is 0 Å². The number of anilines is 1. The Balaban J connectivity index is 2.11. The van der Waals surface area contributed by atoms with E-state index in [9.17, 15) is 19.5 Å². The highest BCUT2D eigenvalue weighted by molar-refractivity contribution is 6.36. The smallest absolute Gasteiger partial charge is 0.341 e. The van der Waals surface area contributed by atoms with Gasteiger partial charge in [-0.3, -0.25) is 9.59 Å². The minimum absolute atomic E-state index is 0.0696. The number of aldehydes is 1. The van der Waals surface area contributed by atoms with Gasteiger partial charge in [0, 0.05) is 12.0 Å². The molecule has 0 saturated carbocycles. The molecule has 0 spiro atoms. The Morgan fingerprint density at radius 2 is 1.74 bits per heavy atom. The highest BCUT2D eigenvalue weighted by Gasteiger charge is 2.29. The molecule has 0 unspecified atom stereocenters. The Morgan fingerprint density at radius 3 is 2.32 bits per heavy atom. The molecule has 3 N–H and O–H groups in total. The van der Waals surface area contributed by atoms with E-state index in [1.165, 1.54) is 0 Å². The standard InChI is InChI=1S/C26H23N3O5/c1-2-18-19(13-16-9-5-3-6-10-16)29-25(23(18)27)26(34-15-21(32)33)22(20(31)14-30)24(28-29)17-11-7-4-8-12-17/h3-12,14H,2,13,15,27H2,1H3,(H,32,33). The van der Waals surface area contributed by atoms with Crippen LogP contribution in [0.4, 0.5) is 5.69 Å². The van der Waals surface area contributed by atoms with Gasteiger partial charge in [0.1, 0.15) is 11.2 Å². The lowest BCUT2D eigenvalue weighted by Crippen LogP contribution is -2.16. The number of carbonyl (C=O) groups excluding carboxylic acids is 2. The average Bonchev–Trinajstić information content (AvgIpc) is 3.12. The van der Waals surface area contributed by atoms with Gasteiger partial charge >= 0.3 is 5.97 Å². The second-order valence-corrected chi connectivity index (χ2v) is 7.70. The molecule has 0 bridgehead atoms. The van der Waals surface area contributed by atoms with Crippen LogP contribution in [-0.4, -0.2) is 39.4 Å². The number of nitrogens with two attached hydrogens (primary N) is 1. The van der Waals surface area contributed by atoms with Crippen LogP contribution in [0.1, 0.15) is 34.1 Å². The fourth-order valence-electron chi connectivity index (χ4n) is 4.11. The number of hydrogen-bond donors (Lipinski definition) is 2. The first kappa shape index (κ1) is 22.7. The molecule has 8 heteroatoms. The second-order valence-electron chi connectivity index (χ2n) is 7.70. The average molecular weight is 457 g/mol. The summed E-state index contributed by atoms with van der Waals surface area (Å²) in [6, 6.07) is 18.6. The van der Waals surface area contributed by atoms with E-state index in [2.05, 4.69) is 0 Å². The fraction of sp³-hybridized carbons (Fsp3) is 0.154. The van der Waals surface area contributed by atoms with Crippen LogP contribution >= 0.6 is 0 Å². The number of nitrogens with zero attached hydrogens (tertiary/aromatic N) is 2. The summed E-state index contributed by atoms with van der Waals surface area (Å²) in [5.74, 6) is -2.18. The van der Waals surface area contributed by atoms with Gasteiger partial charge in [0.2, 0.25) is 5.78 Å². The van der Waals surface area contributed by atoms with Gasteiger partial charge in [-0.25, -0.2) is 9.31 Å². The molecule has 0 saturated heterocycles. The molecule has 0 amide bonds. The normalized spacial score (nSPS) is 10.9. The van der Waals surface area contributed by atoms with Crippen molar-refractivity contribution in [1.82, 2.24) is 9.61 Å². The van der Waals surface area contributed by atoms with E-state index in [4.69, 9.17) is 15.6 Å². The number of hydrogen-bond acceptors (Lipinski definition) is 6. The maximum atomic E-state index is 12.8. The molecule has 172 valence electrons. The summed E-state index contributed by atoms with van der Waals surface area (Å²) in [6.45, 7) is 1.24. The molecule has 2 heterocycles. The van der Waals surface area contributed by atoms with Gasteiger partial charge in [-0.15, -0.1) is 0 Å². The minimum atomic E-state index is -1.23. The molecule has 0 atom stereocenters. The molecule has 2 aromatic carbocycles. The van der Waals surface area contributed by atoms with Crippen LogP contribution in [0.2, 0.25) is 0 Å². The molecule has 0 aliphatic heterocycles. The number of fused-ring (bicyclic) bond motifs is 1. The number of carbonyl (C=O) groups is 3. The molecule has 4 aromatic rings. The number of benzene rings is 2. The molecule has 34 heavy (non-hydrogen) atoms. The van der Waals surface area contributed by atoms with Crippen molar-refractivity contribution in [3.05, 3.63) is 83.0 Å². The highest BCUT2D eigenvalue weighted by atomic mass is 16.5. The van der Waals surface area contributed by atoms with Crippen LogP contribution in [0, 0.1) is 0 Å². The lowest BCUT2D eigenvalue weighted by atomic mass is 10.0. The zero-order chi connectivity index (χ0) is 24.2. The third-order valence-electron chi connectivity index (χ3n) is 5.58. The van der Waals surface area contributed by atoms with Crippen molar-refractivity contribution in [2.45, 2.75) is 19.8 Å². The molecular formula is C26H23N3O5. The molecule has 4 rings (SSSR count). The van der Waals surface area contributed by atoms with E-state index in [0.29, 0.717) is 24.1 Å². The first-order valence-electron chi connectivity index (χ1n) is 10.8. The summed E-state index contributed by atoms with van der Waals surface area (Å²) in [5.41, 5.74) is 10.4. The van der Waals surface area contributed by atoms with Gasteiger partial charge in [-0.1, -0.05) is 67.6 Å². The number of ether oxygens (including phenoxy) is 1. The summed E-state index contributed by atoms with van der Waals surface area (Å²) in [4.78, 5) is 35.7. The zero-order valence-electron chi connectivity index (χ0n) is 18.5. The Kier molecular flexibility index (Phi) is 6.40. The van der Waals surface area contributed by atoms with Crippen LogP contribution in [0.25, 0.3) is 16.8 Å². The number of aliphatic carboxylic acids is 1. The van der Waals surface area contributed by atoms with Gasteiger partial charge in [-0.05, 0) is 17.5 Å². The summed E-state index contributed by atoms with van der Waals surface area (Å²) in [7, 11) is 0. The Hall–Kier alpha value is -4.46. The summed E-state index contributed by atoms with van der Waals surface area (Å²) in [6.07, 6.45) is 1.24. The lowest BCUT2D eigenvalue weighted by Gasteiger charge is -2.15. The second kappa shape index (κ2) is 9.58. The Labute approximate surface area is 195 Å². The number of aromatic nitrogens is 2. The van der Waals surface area contributed by atoms with Gasteiger partial charge in [0.25, 0.3) is 0 Å². The number of carboxylic acid groups (broad SMARTS) is 1. The zero-order valence-corrected chi connectivity index (χ0v) is 18.5. The largest absolute Gasteiger partial charge is 0.479 e. The quantitative estimate of drug-likeness (QED) is 0.224.